The van der Waals surface area contributed by atoms with Gasteiger partial charge in [0.2, 0.25) is 0 Å². The molecule has 0 aliphatic carbocycles. The Morgan fingerprint density at radius 1 is 1.14 bits per heavy atom. The van der Waals surface area contributed by atoms with Crippen LogP contribution >= 0.6 is 0 Å². The molecule has 0 aliphatic rings. The number of methoxy groups -OCH3 is 1. The van der Waals surface area contributed by atoms with Gasteiger partial charge in [0.05, 0.1) is 13.2 Å². The fourth-order valence-electron chi connectivity index (χ4n) is 1.52. The molecule has 0 aliphatic heterocycles. The van der Waals surface area contributed by atoms with Gasteiger partial charge in [0, 0.05) is 19.3 Å². The number of hydrogen-bond donors (Lipinski definition) is 1. The van der Waals surface area contributed by atoms with Crippen molar-refractivity contribution in [1.82, 2.24) is 0 Å². The molecular formula is C11H25NO2. The first kappa shape index (κ1) is 13.9. The summed E-state index contributed by atoms with van der Waals surface area (Å²) >= 11 is 0. The van der Waals surface area contributed by atoms with Crippen LogP contribution in [-0.4, -0.2) is 32.5 Å². The highest BCUT2D eigenvalue weighted by atomic mass is 16.5. The molecule has 3 heteroatoms. The van der Waals surface area contributed by atoms with Crippen LogP contribution in [0.2, 0.25) is 0 Å². The molecule has 0 aromatic heterocycles. The third kappa shape index (κ3) is 8.48. The zero-order chi connectivity index (χ0) is 10.9. The van der Waals surface area contributed by atoms with Crippen molar-refractivity contribution in [2.75, 3.05) is 26.9 Å². The predicted molar refractivity (Wildman–Crippen MR) is 59.4 cm³/mol. The average Bonchev–Trinajstić information content (AvgIpc) is 2.11. The fourth-order valence-corrected chi connectivity index (χ4v) is 1.52. The van der Waals surface area contributed by atoms with Gasteiger partial charge < -0.3 is 15.2 Å². The first-order valence-corrected chi connectivity index (χ1v) is 5.48. The van der Waals surface area contributed by atoms with E-state index in [1.54, 1.807) is 7.11 Å². The van der Waals surface area contributed by atoms with Crippen molar-refractivity contribution >= 4 is 0 Å². The lowest BCUT2D eigenvalue weighted by Crippen LogP contribution is -2.36. The van der Waals surface area contributed by atoms with Crippen LogP contribution in [0.5, 0.6) is 0 Å². The van der Waals surface area contributed by atoms with Gasteiger partial charge in [-0.05, 0) is 26.2 Å². The molecule has 0 amide bonds. The summed E-state index contributed by atoms with van der Waals surface area (Å²) in [5, 5.41) is 0. The number of hydrogen-bond acceptors (Lipinski definition) is 3. The van der Waals surface area contributed by atoms with Gasteiger partial charge >= 0.3 is 0 Å². The monoisotopic (exact) mass is 203 g/mol. The van der Waals surface area contributed by atoms with Gasteiger partial charge in [-0.15, -0.1) is 0 Å². The lowest BCUT2D eigenvalue weighted by atomic mass is 9.92. The second kappa shape index (κ2) is 8.21. The minimum Gasteiger partial charge on any atom is -0.382 e. The van der Waals surface area contributed by atoms with E-state index in [0.29, 0.717) is 13.2 Å². The van der Waals surface area contributed by atoms with Crippen molar-refractivity contribution in [1.29, 1.82) is 0 Å². The smallest absolute Gasteiger partial charge is 0.0700 e. The molecule has 14 heavy (non-hydrogen) atoms. The molecule has 0 saturated carbocycles. The lowest BCUT2D eigenvalue weighted by molar-refractivity contribution is 0.0666. The SMILES string of the molecule is CCCC(C)(N)CCCOCCOC. The van der Waals surface area contributed by atoms with E-state index in [-0.39, 0.29) is 5.54 Å². The van der Waals surface area contributed by atoms with Crippen molar-refractivity contribution < 1.29 is 9.47 Å². The van der Waals surface area contributed by atoms with E-state index in [2.05, 4.69) is 13.8 Å². The van der Waals surface area contributed by atoms with E-state index in [0.717, 1.165) is 32.3 Å². The Morgan fingerprint density at radius 3 is 2.43 bits per heavy atom. The summed E-state index contributed by atoms with van der Waals surface area (Å²) in [4.78, 5) is 0. The van der Waals surface area contributed by atoms with Gasteiger partial charge in [0.15, 0.2) is 0 Å². The molecule has 1 atom stereocenters. The topological polar surface area (TPSA) is 44.5 Å². The highest BCUT2D eigenvalue weighted by Crippen LogP contribution is 2.15. The van der Waals surface area contributed by atoms with Crippen molar-refractivity contribution in [2.45, 2.75) is 45.1 Å². The van der Waals surface area contributed by atoms with Gasteiger partial charge in [0.25, 0.3) is 0 Å². The van der Waals surface area contributed by atoms with Gasteiger partial charge in [0.1, 0.15) is 0 Å². The summed E-state index contributed by atoms with van der Waals surface area (Å²) in [7, 11) is 1.68. The largest absolute Gasteiger partial charge is 0.382 e. The summed E-state index contributed by atoms with van der Waals surface area (Å²) < 4.78 is 10.2. The summed E-state index contributed by atoms with van der Waals surface area (Å²) in [6.45, 7) is 6.44. The number of ether oxygens (including phenoxy) is 2. The Morgan fingerprint density at radius 2 is 1.86 bits per heavy atom. The van der Waals surface area contributed by atoms with E-state index in [1.807, 2.05) is 0 Å². The van der Waals surface area contributed by atoms with E-state index in [1.165, 1.54) is 0 Å². The molecule has 86 valence electrons. The normalized spacial score (nSPS) is 15.4. The molecule has 0 rings (SSSR count). The van der Waals surface area contributed by atoms with Crippen LogP contribution in [0.4, 0.5) is 0 Å². The van der Waals surface area contributed by atoms with Gasteiger partial charge in [-0.3, -0.25) is 0 Å². The van der Waals surface area contributed by atoms with Gasteiger partial charge in [-0.1, -0.05) is 13.3 Å². The number of rotatable bonds is 9. The second-order valence-electron chi connectivity index (χ2n) is 4.11. The van der Waals surface area contributed by atoms with Crippen LogP contribution in [0.3, 0.4) is 0 Å². The quantitative estimate of drug-likeness (QED) is 0.582. The zero-order valence-electron chi connectivity index (χ0n) is 9.84. The van der Waals surface area contributed by atoms with Crippen LogP contribution in [0.25, 0.3) is 0 Å². The molecule has 3 nitrogen and oxygen atoms in total. The predicted octanol–water partition coefficient (Wildman–Crippen LogP) is 1.95. The Bertz CT molecular complexity index is 126. The standard InChI is InChI=1S/C11H25NO2/c1-4-6-11(2,12)7-5-8-14-10-9-13-3/h4-10,12H2,1-3H3. The molecule has 0 fully saturated rings. The summed E-state index contributed by atoms with van der Waals surface area (Å²) in [6.07, 6.45) is 4.31. The second-order valence-corrected chi connectivity index (χ2v) is 4.11. The van der Waals surface area contributed by atoms with Gasteiger partial charge in [-0.25, -0.2) is 0 Å². The first-order valence-electron chi connectivity index (χ1n) is 5.48. The van der Waals surface area contributed by atoms with E-state index in [9.17, 15) is 0 Å². The molecule has 0 aromatic carbocycles. The third-order valence-electron chi connectivity index (χ3n) is 2.29. The fraction of sp³-hybridized carbons (Fsp3) is 1.00. The van der Waals surface area contributed by atoms with Crippen LogP contribution in [0, 0.1) is 0 Å². The third-order valence-corrected chi connectivity index (χ3v) is 2.29. The van der Waals surface area contributed by atoms with E-state index < -0.39 is 0 Å². The Hall–Kier alpha value is -0.120. The highest BCUT2D eigenvalue weighted by molar-refractivity contribution is 4.77. The van der Waals surface area contributed by atoms with E-state index in [4.69, 9.17) is 15.2 Å². The molecule has 0 aromatic rings. The van der Waals surface area contributed by atoms with Gasteiger partial charge in [-0.2, -0.15) is 0 Å². The Kier molecular flexibility index (Phi) is 8.14. The minimum absolute atomic E-state index is 0.0145. The lowest BCUT2D eigenvalue weighted by Gasteiger charge is -2.23. The maximum absolute atomic E-state index is 6.09. The Balaban J connectivity index is 3.26. The maximum atomic E-state index is 6.09. The molecule has 0 spiro atoms. The number of nitrogens with two attached hydrogens (primary N) is 1. The van der Waals surface area contributed by atoms with Crippen LogP contribution < -0.4 is 5.73 Å². The highest BCUT2D eigenvalue weighted by Gasteiger charge is 2.15. The Labute approximate surface area is 88.0 Å². The molecular weight excluding hydrogens is 178 g/mol. The molecule has 2 N–H and O–H groups in total. The zero-order valence-corrected chi connectivity index (χ0v) is 9.84. The van der Waals surface area contributed by atoms with Crippen LogP contribution in [0.15, 0.2) is 0 Å². The van der Waals surface area contributed by atoms with Crippen molar-refractivity contribution in [2.24, 2.45) is 5.73 Å². The average molecular weight is 203 g/mol. The van der Waals surface area contributed by atoms with Crippen molar-refractivity contribution in [3.8, 4) is 0 Å². The van der Waals surface area contributed by atoms with Crippen molar-refractivity contribution in [3.05, 3.63) is 0 Å². The molecule has 1 unspecified atom stereocenters. The molecule has 0 heterocycles. The first-order chi connectivity index (χ1) is 6.62. The summed E-state index contributed by atoms with van der Waals surface area (Å²) in [5.74, 6) is 0. The molecule has 0 bridgehead atoms. The molecule has 0 saturated heterocycles. The molecule has 0 radical (unpaired) electrons. The van der Waals surface area contributed by atoms with Crippen molar-refractivity contribution in [3.63, 3.8) is 0 Å². The summed E-state index contributed by atoms with van der Waals surface area (Å²) in [6, 6.07) is 0. The summed E-state index contributed by atoms with van der Waals surface area (Å²) in [5.41, 5.74) is 6.07. The maximum Gasteiger partial charge on any atom is 0.0700 e. The van der Waals surface area contributed by atoms with E-state index >= 15 is 0 Å². The van der Waals surface area contributed by atoms with Crippen LogP contribution in [-0.2, 0) is 9.47 Å². The van der Waals surface area contributed by atoms with Crippen LogP contribution in [0.1, 0.15) is 39.5 Å². The minimum atomic E-state index is -0.0145.